The molecule has 0 N–H and O–H groups in total. The van der Waals surface area contributed by atoms with Gasteiger partial charge in [0.15, 0.2) is 0 Å². The van der Waals surface area contributed by atoms with Crippen LogP contribution in [0.15, 0.2) is 0 Å². The summed E-state index contributed by atoms with van der Waals surface area (Å²) in [5.74, 6) is 1.13. The van der Waals surface area contributed by atoms with Crippen molar-refractivity contribution in [3.05, 3.63) is 0 Å². The molecule has 91 valence electrons. The van der Waals surface area contributed by atoms with Gasteiger partial charge in [-0.05, 0) is 30.6 Å². The molecule has 0 aromatic rings. The van der Waals surface area contributed by atoms with Crippen LogP contribution in [0.3, 0.4) is 0 Å². The molecular formula is C13H21O3. The van der Waals surface area contributed by atoms with E-state index >= 15 is 0 Å². The van der Waals surface area contributed by atoms with Crippen molar-refractivity contribution in [2.75, 3.05) is 0 Å². The topological polar surface area (TPSA) is 43.4 Å². The molecule has 1 radical (unpaired) electrons. The quantitative estimate of drug-likeness (QED) is 0.545. The summed E-state index contributed by atoms with van der Waals surface area (Å²) in [6.45, 7) is 6.50. The molecule has 1 rings (SSSR count). The second-order valence-corrected chi connectivity index (χ2v) is 5.18. The van der Waals surface area contributed by atoms with Gasteiger partial charge in [-0.15, -0.1) is 0 Å². The fourth-order valence-corrected chi connectivity index (χ4v) is 2.52. The van der Waals surface area contributed by atoms with E-state index in [1.807, 2.05) is 0 Å². The van der Waals surface area contributed by atoms with Gasteiger partial charge in [-0.25, -0.2) is 0 Å². The highest BCUT2D eigenvalue weighted by Gasteiger charge is 2.33. The number of hydrogen-bond donors (Lipinski definition) is 0. The normalized spacial score (nSPS) is 30.1. The maximum absolute atomic E-state index is 11.3. The summed E-state index contributed by atoms with van der Waals surface area (Å²) in [5, 5.41) is 0. The van der Waals surface area contributed by atoms with Crippen LogP contribution in [0.1, 0.15) is 46.5 Å². The van der Waals surface area contributed by atoms with Crippen LogP contribution < -0.4 is 0 Å². The van der Waals surface area contributed by atoms with Crippen LogP contribution in [-0.2, 0) is 14.3 Å². The van der Waals surface area contributed by atoms with Gasteiger partial charge >= 0.3 is 5.97 Å². The van der Waals surface area contributed by atoms with Gasteiger partial charge in [0.1, 0.15) is 12.5 Å². The van der Waals surface area contributed by atoms with E-state index in [9.17, 15) is 9.59 Å². The summed E-state index contributed by atoms with van der Waals surface area (Å²) in [5.41, 5.74) is 0. The number of carbonyl (C=O) groups excluding carboxylic acids is 2. The van der Waals surface area contributed by atoms with E-state index in [-0.39, 0.29) is 12.5 Å². The summed E-state index contributed by atoms with van der Waals surface area (Å²) in [4.78, 5) is 21.4. The Balaban J connectivity index is 2.57. The van der Waals surface area contributed by atoms with Gasteiger partial charge in [-0.2, -0.15) is 0 Å². The van der Waals surface area contributed by atoms with Gasteiger partial charge in [-0.1, -0.05) is 27.2 Å². The summed E-state index contributed by atoms with van der Waals surface area (Å²) >= 11 is 0. The van der Waals surface area contributed by atoms with Crippen molar-refractivity contribution in [3.63, 3.8) is 0 Å². The van der Waals surface area contributed by atoms with Crippen molar-refractivity contribution in [3.8, 4) is 0 Å². The van der Waals surface area contributed by atoms with Crippen molar-refractivity contribution < 1.29 is 14.3 Å². The highest BCUT2D eigenvalue weighted by molar-refractivity contribution is 5.84. The summed E-state index contributed by atoms with van der Waals surface area (Å²) in [6, 6.07) is 0. The minimum absolute atomic E-state index is 0.00963. The number of esters is 1. The van der Waals surface area contributed by atoms with Crippen molar-refractivity contribution in [2.45, 2.75) is 52.6 Å². The molecule has 16 heavy (non-hydrogen) atoms. The van der Waals surface area contributed by atoms with Gasteiger partial charge in [0.25, 0.3) is 0 Å². The van der Waals surface area contributed by atoms with Gasteiger partial charge in [0, 0.05) is 0 Å². The summed E-state index contributed by atoms with van der Waals surface area (Å²) in [6.07, 6.45) is 4.58. The third-order valence-corrected chi connectivity index (χ3v) is 3.46. The maximum atomic E-state index is 11.3. The SMILES string of the molecule is CC1CCC(C(C)C)C(OC(=O)C[C]=O)C1. The minimum atomic E-state index is -0.431. The molecule has 1 fully saturated rings. The van der Waals surface area contributed by atoms with E-state index in [0.717, 1.165) is 12.8 Å². The Kier molecular flexibility index (Phi) is 4.97. The molecule has 3 nitrogen and oxygen atoms in total. The Morgan fingerprint density at radius 2 is 2.12 bits per heavy atom. The van der Waals surface area contributed by atoms with E-state index in [1.54, 1.807) is 6.29 Å². The second-order valence-electron chi connectivity index (χ2n) is 5.18. The van der Waals surface area contributed by atoms with Gasteiger partial charge in [-0.3, -0.25) is 9.59 Å². The molecule has 0 bridgehead atoms. The Morgan fingerprint density at radius 1 is 1.44 bits per heavy atom. The first kappa shape index (κ1) is 13.2. The molecule has 3 heteroatoms. The smallest absolute Gasteiger partial charge is 0.314 e. The maximum Gasteiger partial charge on any atom is 0.314 e. The molecule has 0 aliphatic heterocycles. The lowest BCUT2D eigenvalue weighted by Gasteiger charge is -2.36. The monoisotopic (exact) mass is 225 g/mol. The molecule has 1 aliphatic rings. The fourth-order valence-electron chi connectivity index (χ4n) is 2.52. The lowest BCUT2D eigenvalue weighted by Crippen LogP contribution is -2.35. The zero-order valence-electron chi connectivity index (χ0n) is 10.4. The Bertz CT molecular complexity index is 248. The molecule has 3 atom stereocenters. The molecule has 0 heterocycles. The molecule has 0 spiro atoms. The van der Waals surface area contributed by atoms with Crippen LogP contribution in [-0.4, -0.2) is 18.4 Å². The van der Waals surface area contributed by atoms with Crippen LogP contribution in [0.5, 0.6) is 0 Å². The molecule has 1 saturated carbocycles. The molecule has 0 aromatic carbocycles. The average molecular weight is 225 g/mol. The minimum Gasteiger partial charge on any atom is -0.462 e. The van der Waals surface area contributed by atoms with Crippen LogP contribution >= 0.6 is 0 Å². The molecule has 3 unspecified atom stereocenters. The lowest BCUT2D eigenvalue weighted by atomic mass is 9.75. The zero-order valence-corrected chi connectivity index (χ0v) is 10.4. The van der Waals surface area contributed by atoms with Gasteiger partial charge in [0.05, 0.1) is 0 Å². The summed E-state index contributed by atoms with van der Waals surface area (Å²) < 4.78 is 5.37. The number of carbonyl (C=O) groups is 1. The van der Waals surface area contributed by atoms with Crippen LogP contribution in [0.4, 0.5) is 0 Å². The van der Waals surface area contributed by atoms with Crippen molar-refractivity contribution in [1.29, 1.82) is 0 Å². The number of hydrogen-bond acceptors (Lipinski definition) is 3. The van der Waals surface area contributed by atoms with Crippen LogP contribution in [0, 0.1) is 17.8 Å². The Morgan fingerprint density at radius 3 is 2.69 bits per heavy atom. The highest BCUT2D eigenvalue weighted by Crippen LogP contribution is 2.35. The molecule has 0 aromatic heterocycles. The third kappa shape index (κ3) is 3.62. The molecular weight excluding hydrogens is 204 g/mol. The van der Waals surface area contributed by atoms with E-state index in [1.165, 1.54) is 6.42 Å². The Hall–Kier alpha value is -0.860. The average Bonchev–Trinajstić information content (AvgIpc) is 2.17. The van der Waals surface area contributed by atoms with Gasteiger partial charge in [0.2, 0.25) is 6.29 Å². The molecule has 1 aliphatic carbocycles. The van der Waals surface area contributed by atoms with Gasteiger partial charge < -0.3 is 4.74 Å². The fraction of sp³-hybridized carbons (Fsp3) is 0.846. The first-order valence-electron chi connectivity index (χ1n) is 6.09. The van der Waals surface area contributed by atoms with Crippen molar-refractivity contribution in [1.82, 2.24) is 0 Å². The van der Waals surface area contributed by atoms with Crippen molar-refractivity contribution in [2.24, 2.45) is 17.8 Å². The summed E-state index contributed by atoms with van der Waals surface area (Å²) in [7, 11) is 0. The lowest BCUT2D eigenvalue weighted by molar-refractivity contribution is -0.154. The third-order valence-electron chi connectivity index (χ3n) is 3.46. The largest absolute Gasteiger partial charge is 0.462 e. The predicted octanol–water partition coefficient (Wildman–Crippen LogP) is 2.49. The molecule has 0 saturated heterocycles. The number of ether oxygens (including phenoxy) is 1. The molecule has 0 amide bonds. The van der Waals surface area contributed by atoms with E-state index < -0.39 is 5.97 Å². The van der Waals surface area contributed by atoms with E-state index in [4.69, 9.17) is 4.74 Å². The second kappa shape index (κ2) is 6.02. The Labute approximate surface area is 97.5 Å². The van der Waals surface area contributed by atoms with Crippen molar-refractivity contribution >= 4 is 12.3 Å². The predicted molar refractivity (Wildman–Crippen MR) is 61.5 cm³/mol. The standard InChI is InChI=1S/C13H21O3/c1-9(2)11-5-4-10(3)8-12(11)16-13(15)6-7-14/h9-12H,4-6,8H2,1-3H3. The van der Waals surface area contributed by atoms with E-state index in [2.05, 4.69) is 20.8 Å². The first-order chi connectivity index (χ1) is 7.54. The van der Waals surface area contributed by atoms with Crippen LogP contribution in [0.25, 0.3) is 0 Å². The number of rotatable bonds is 4. The first-order valence-corrected chi connectivity index (χ1v) is 6.09. The highest BCUT2D eigenvalue weighted by atomic mass is 16.5. The van der Waals surface area contributed by atoms with Crippen LogP contribution in [0.2, 0.25) is 0 Å². The zero-order chi connectivity index (χ0) is 12.1. The van der Waals surface area contributed by atoms with E-state index in [0.29, 0.717) is 17.8 Å².